The van der Waals surface area contributed by atoms with Crippen LogP contribution in [-0.4, -0.2) is 17.1 Å². The van der Waals surface area contributed by atoms with Crippen molar-refractivity contribution < 1.29 is 23.1 Å². The molecule has 0 aromatic carbocycles. The van der Waals surface area contributed by atoms with Gasteiger partial charge in [0.05, 0.1) is 12.2 Å². The number of halogens is 3. The Kier molecular flexibility index (Phi) is 6.75. The molecule has 1 fully saturated rings. The summed E-state index contributed by atoms with van der Waals surface area (Å²) >= 11 is 0. The highest BCUT2D eigenvalue weighted by Crippen LogP contribution is 2.32. The molecule has 0 spiro atoms. The van der Waals surface area contributed by atoms with Gasteiger partial charge >= 0.3 is 6.18 Å². The number of aliphatic hydroxyl groups is 1. The average Bonchev–Trinajstić information content (AvgIpc) is 2.87. The Morgan fingerprint density at radius 2 is 1.90 bits per heavy atom. The fraction of sp³-hybridized carbons (Fsp3) is 0.812. The van der Waals surface area contributed by atoms with Gasteiger partial charge in [0.1, 0.15) is 0 Å². The minimum atomic E-state index is -4.33. The van der Waals surface area contributed by atoms with Crippen molar-refractivity contribution >= 4 is 5.78 Å². The summed E-state index contributed by atoms with van der Waals surface area (Å²) in [7, 11) is 0. The Balaban J connectivity index is 2.58. The first-order chi connectivity index (χ1) is 9.73. The smallest absolute Gasteiger partial charge is 0.389 e. The van der Waals surface area contributed by atoms with E-state index in [4.69, 9.17) is 0 Å². The fourth-order valence-corrected chi connectivity index (χ4v) is 3.01. The second-order valence-electron chi connectivity index (χ2n) is 6.18. The van der Waals surface area contributed by atoms with E-state index in [0.29, 0.717) is 5.92 Å². The van der Waals surface area contributed by atoms with Crippen LogP contribution in [0.25, 0.3) is 0 Å². The number of alkyl halides is 3. The summed E-state index contributed by atoms with van der Waals surface area (Å²) in [6.45, 7) is 3.36. The highest BCUT2D eigenvalue weighted by molar-refractivity contribution is 5.91. The van der Waals surface area contributed by atoms with Gasteiger partial charge < -0.3 is 5.11 Å². The number of hydrogen-bond acceptors (Lipinski definition) is 2. The van der Waals surface area contributed by atoms with Crippen molar-refractivity contribution in [2.45, 2.75) is 65.0 Å². The molecule has 2 nitrogen and oxygen atoms in total. The van der Waals surface area contributed by atoms with Crippen LogP contribution >= 0.6 is 0 Å². The number of ketones is 1. The van der Waals surface area contributed by atoms with Crippen LogP contribution in [0.15, 0.2) is 11.8 Å². The molecule has 0 aromatic rings. The molecular weight excluding hydrogens is 281 g/mol. The number of rotatable bonds is 7. The standard InChI is InChI=1S/C16H25F3O2/c1-3-13(10-16(17,18)19)15(21)9-14(20)11(2)8-12-6-4-5-7-12/h9,11-13,21H,3-8,10H2,1-2H3/b15-9-. The summed E-state index contributed by atoms with van der Waals surface area (Å²) in [5, 5.41) is 9.79. The van der Waals surface area contributed by atoms with Crippen LogP contribution in [0.3, 0.4) is 0 Å². The summed E-state index contributed by atoms with van der Waals surface area (Å²) in [6.07, 6.45) is 1.14. The van der Waals surface area contributed by atoms with Crippen LogP contribution in [0, 0.1) is 17.8 Å². The topological polar surface area (TPSA) is 37.3 Å². The molecule has 0 amide bonds. The number of aliphatic hydroxyl groups excluding tert-OH is 1. The predicted molar refractivity (Wildman–Crippen MR) is 75.9 cm³/mol. The van der Waals surface area contributed by atoms with E-state index >= 15 is 0 Å². The molecule has 0 aromatic heterocycles. The van der Waals surface area contributed by atoms with Crippen molar-refractivity contribution in [1.82, 2.24) is 0 Å². The first-order valence-corrected chi connectivity index (χ1v) is 7.74. The first kappa shape index (κ1) is 18.1. The third-order valence-electron chi connectivity index (χ3n) is 4.33. The molecule has 1 N–H and O–H groups in total. The summed E-state index contributed by atoms with van der Waals surface area (Å²) in [4.78, 5) is 12.0. The molecule has 0 aliphatic heterocycles. The summed E-state index contributed by atoms with van der Waals surface area (Å²) < 4.78 is 37.2. The van der Waals surface area contributed by atoms with E-state index in [9.17, 15) is 23.1 Å². The second-order valence-corrected chi connectivity index (χ2v) is 6.18. The van der Waals surface area contributed by atoms with E-state index in [1.807, 2.05) is 0 Å². The minimum absolute atomic E-state index is 0.159. The zero-order valence-corrected chi connectivity index (χ0v) is 12.7. The van der Waals surface area contributed by atoms with Gasteiger partial charge in [-0.1, -0.05) is 39.5 Å². The maximum absolute atomic E-state index is 12.4. The molecule has 0 bridgehead atoms. The Morgan fingerprint density at radius 1 is 1.33 bits per heavy atom. The van der Waals surface area contributed by atoms with Crippen molar-refractivity contribution in [3.05, 3.63) is 11.8 Å². The minimum Gasteiger partial charge on any atom is -0.512 e. The predicted octanol–water partition coefficient (Wildman–Crippen LogP) is 5.19. The van der Waals surface area contributed by atoms with Crippen LogP contribution in [0.4, 0.5) is 13.2 Å². The Morgan fingerprint density at radius 3 is 2.38 bits per heavy atom. The summed E-state index contributed by atoms with van der Waals surface area (Å²) in [5.74, 6) is -1.42. The SMILES string of the molecule is CCC(CC(F)(F)F)/C(O)=C/C(=O)C(C)CC1CCCC1. The van der Waals surface area contributed by atoms with Crippen LogP contribution in [-0.2, 0) is 4.79 Å². The second kappa shape index (κ2) is 7.85. The normalized spacial score (nSPS) is 20.5. The van der Waals surface area contributed by atoms with Crippen molar-refractivity contribution in [3.63, 3.8) is 0 Å². The Hall–Kier alpha value is -1.00. The Labute approximate surface area is 124 Å². The van der Waals surface area contributed by atoms with Gasteiger partial charge in [0.25, 0.3) is 0 Å². The number of allylic oxidation sites excluding steroid dienone is 2. The van der Waals surface area contributed by atoms with Gasteiger partial charge in [-0.25, -0.2) is 0 Å². The molecule has 122 valence electrons. The molecule has 0 saturated heterocycles. The average molecular weight is 306 g/mol. The van der Waals surface area contributed by atoms with Crippen molar-refractivity contribution in [2.24, 2.45) is 17.8 Å². The van der Waals surface area contributed by atoms with Crippen LogP contribution < -0.4 is 0 Å². The van der Waals surface area contributed by atoms with E-state index in [2.05, 4.69) is 0 Å². The van der Waals surface area contributed by atoms with E-state index in [1.165, 1.54) is 12.8 Å². The van der Waals surface area contributed by atoms with Gasteiger partial charge in [0.15, 0.2) is 5.78 Å². The molecular formula is C16H25F3O2. The number of hydrogen-bond donors (Lipinski definition) is 1. The van der Waals surface area contributed by atoms with Crippen molar-refractivity contribution in [3.8, 4) is 0 Å². The van der Waals surface area contributed by atoms with Gasteiger partial charge in [0.2, 0.25) is 0 Å². The lowest BCUT2D eigenvalue weighted by Gasteiger charge is -2.17. The van der Waals surface area contributed by atoms with Crippen LogP contribution in [0.5, 0.6) is 0 Å². The van der Waals surface area contributed by atoms with Gasteiger partial charge in [0, 0.05) is 17.9 Å². The van der Waals surface area contributed by atoms with Gasteiger partial charge in [-0.15, -0.1) is 0 Å². The number of carbonyl (C=O) groups excluding carboxylic acids is 1. The number of carbonyl (C=O) groups is 1. The molecule has 1 saturated carbocycles. The largest absolute Gasteiger partial charge is 0.512 e. The van der Waals surface area contributed by atoms with Crippen LogP contribution in [0.2, 0.25) is 0 Å². The summed E-state index contributed by atoms with van der Waals surface area (Å²) in [5.41, 5.74) is 0. The quantitative estimate of drug-likeness (QED) is 0.519. The zero-order chi connectivity index (χ0) is 16.0. The monoisotopic (exact) mass is 306 g/mol. The third kappa shape index (κ3) is 6.53. The molecule has 2 atom stereocenters. The molecule has 0 radical (unpaired) electrons. The lowest BCUT2D eigenvalue weighted by molar-refractivity contribution is -0.144. The highest BCUT2D eigenvalue weighted by atomic mass is 19.4. The van der Waals surface area contributed by atoms with Crippen molar-refractivity contribution in [2.75, 3.05) is 0 Å². The highest BCUT2D eigenvalue weighted by Gasteiger charge is 2.33. The Bertz CT molecular complexity index is 368. The van der Waals surface area contributed by atoms with E-state index in [-0.39, 0.29) is 18.1 Å². The molecule has 2 unspecified atom stereocenters. The van der Waals surface area contributed by atoms with E-state index in [1.54, 1.807) is 13.8 Å². The third-order valence-corrected chi connectivity index (χ3v) is 4.33. The lowest BCUT2D eigenvalue weighted by atomic mass is 9.90. The molecule has 5 heteroatoms. The van der Waals surface area contributed by atoms with Crippen molar-refractivity contribution in [1.29, 1.82) is 0 Å². The van der Waals surface area contributed by atoms with Crippen LogP contribution in [0.1, 0.15) is 58.8 Å². The summed E-state index contributed by atoms with van der Waals surface area (Å²) in [6, 6.07) is 0. The molecule has 1 rings (SSSR count). The fourth-order valence-electron chi connectivity index (χ4n) is 3.01. The van der Waals surface area contributed by atoms with Gasteiger partial charge in [-0.05, 0) is 18.8 Å². The molecule has 0 heterocycles. The first-order valence-electron chi connectivity index (χ1n) is 7.74. The molecule has 1 aliphatic rings. The van der Waals surface area contributed by atoms with E-state index < -0.39 is 24.3 Å². The molecule has 21 heavy (non-hydrogen) atoms. The van der Waals surface area contributed by atoms with Gasteiger partial charge in [-0.2, -0.15) is 13.2 Å². The molecule has 1 aliphatic carbocycles. The maximum atomic E-state index is 12.4. The van der Waals surface area contributed by atoms with Gasteiger partial charge in [-0.3, -0.25) is 4.79 Å². The van der Waals surface area contributed by atoms with E-state index in [0.717, 1.165) is 25.3 Å². The maximum Gasteiger partial charge on any atom is 0.389 e. The zero-order valence-electron chi connectivity index (χ0n) is 12.7. The lowest BCUT2D eigenvalue weighted by Crippen LogP contribution is -2.18.